The lowest BCUT2D eigenvalue weighted by Crippen LogP contribution is -1.96. The van der Waals surface area contributed by atoms with Gasteiger partial charge < -0.3 is 0 Å². The van der Waals surface area contributed by atoms with E-state index in [1.54, 1.807) is 0 Å². The minimum Gasteiger partial charge on any atom is -0.213 e. The van der Waals surface area contributed by atoms with Gasteiger partial charge in [0.15, 0.2) is 0 Å². The summed E-state index contributed by atoms with van der Waals surface area (Å²) in [6.45, 7) is 0. The van der Waals surface area contributed by atoms with E-state index in [1.165, 1.54) is 0 Å². The third kappa shape index (κ3) is 4.07. The molecule has 8 nitrogen and oxygen atoms in total. The van der Waals surface area contributed by atoms with Crippen molar-refractivity contribution in [2.45, 2.75) is 0 Å². The minimum absolute atomic E-state index is 0.565. The summed E-state index contributed by atoms with van der Waals surface area (Å²) < 4.78 is 3.66. The summed E-state index contributed by atoms with van der Waals surface area (Å²) in [5.74, 6) is 0. The fourth-order valence-corrected chi connectivity index (χ4v) is 6.74. The Morgan fingerprint density at radius 1 is 0.458 bits per heavy atom. The minimum atomic E-state index is 0.565. The van der Waals surface area contributed by atoms with E-state index in [9.17, 15) is 10.5 Å². The van der Waals surface area contributed by atoms with Crippen LogP contribution in [0.15, 0.2) is 133 Å². The maximum atomic E-state index is 10.2. The van der Waals surface area contributed by atoms with Crippen LogP contribution < -0.4 is 0 Å². The van der Waals surface area contributed by atoms with Gasteiger partial charge in [0.2, 0.25) is 0 Å². The highest BCUT2D eigenvalue weighted by Gasteiger charge is 2.21. The van der Waals surface area contributed by atoms with Gasteiger partial charge in [0.1, 0.15) is 11.0 Å². The molecule has 9 aromatic rings. The number of nitrogens with zero attached hydrogens (tertiary/aromatic N) is 8. The maximum absolute atomic E-state index is 10.2. The van der Waals surface area contributed by atoms with E-state index in [-0.39, 0.29) is 0 Å². The molecule has 0 bridgehead atoms. The highest BCUT2D eigenvalue weighted by molar-refractivity contribution is 6.14. The van der Waals surface area contributed by atoms with E-state index in [2.05, 4.69) is 32.8 Å². The molecule has 0 fully saturated rings. The Bertz CT molecular complexity index is 2590. The van der Waals surface area contributed by atoms with Crippen molar-refractivity contribution in [3.05, 3.63) is 145 Å². The van der Waals surface area contributed by atoms with Crippen LogP contribution in [0.1, 0.15) is 11.1 Å². The topological polar surface area (TPSA) is 109 Å². The summed E-state index contributed by atoms with van der Waals surface area (Å²) in [7, 11) is 0. The molecule has 2 aromatic heterocycles. The Labute approximate surface area is 273 Å². The number of para-hydroxylation sites is 2. The van der Waals surface area contributed by atoms with Crippen LogP contribution in [0.2, 0.25) is 0 Å². The van der Waals surface area contributed by atoms with Crippen molar-refractivity contribution < 1.29 is 0 Å². The summed E-state index contributed by atoms with van der Waals surface area (Å²) >= 11 is 0. The highest BCUT2D eigenvalue weighted by atomic mass is 15.4. The molecular formula is C40H22N8. The van der Waals surface area contributed by atoms with Gasteiger partial charge in [-0.05, 0) is 70.4 Å². The molecule has 0 atom stereocenters. The van der Waals surface area contributed by atoms with Gasteiger partial charge in [-0.3, -0.25) is 0 Å². The van der Waals surface area contributed by atoms with Crippen molar-refractivity contribution in [1.29, 1.82) is 10.5 Å². The van der Waals surface area contributed by atoms with Crippen LogP contribution in [-0.4, -0.2) is 30.0 Å². The fraction of sp³-hybridized carbons (Fsp3) is 0. The van der Waals surface area contributed by atoms with Crippen molar-refractivity contribution in [3.8, 4) is 45.8 Å². The van der Waals surface area contributed by atoms with Gasteiger partial charge in [-0.15, -0.1) is 10.2 Å². The molecule has 8 heteroatoms. The average molecular weight is 615 g/mol. The van der Waals surface area contributed by atoms with Crippen molar-refractivity contribution in [2.75, 3.05) is 0 Å². The normalized spacial score (nSPS) is 11.3. The molecular weight excluding hydrogens is 592 g/mol. The van der Waals surface area contributed by atoms with Crippen molar-refractivity contribution in [1.82, 2.24) is 30.0 Å². The van der Waals surface area contributed by atoms with E-state index in [4.69, 9.17) is 0 Å². The molecule has 0 spiro atoms. The molecule has 0 N–H and O–H groups in total. The SMILES string of the molecule is N#Cc1cccc2cc3c(nnn3-c3ccccc3)c(-c3ccc(-c4c5nnn(-c6ccccc6)c5cc5cccc(C#N)c45)cc3)c12. The van der Waals surface area contributed by atoms with E-state index >= 15 is 0 Å². The van der Waals surface area contributed by atoms with Gasteiger partial charge in [0.05, 0.1) is 45.7 Å². The number of benzene rings is 7. The lowest BCUT2D eigenvalue weighted by atomic mass is 9.90. The zero-order chi connectivity index (χ0) is 32.2. The zero-order valence-electron chi connectivity index (χ0n) is 25.3. The first kappa shape index (κ1) is 27.2. The smallest absolute Gasteiger partial charge is 0.122 e. The summed E-state index contributed by atoms with van der Waals surface area (Å²) in [5, 5.41) is 42.2. The Morgan fingerprint density at radius 2 is 0.875 bits per heavy atom. The van der Waals surface area contributed by atoms with Gasteiger partial charge in [0.25, 0.3) is 0 Å². The molecule has 0 radical (unpaired) electrons. The molecule has 0 amide bonds. The predicted molar refractivity (Wildman–Crippen MR) is 187 cm³/mol. The van der Waals surface area contributed by atoms with Crippen molar-refractivity contribution in [3.63, 3.8) is 0 Å². The van der Waals surface area contributed by atoms with Gasteiger partial charge >= 0.3 is 0 Å². The number of nitriles is 2. The van der Waals surface area contributed by atoms with Crippen molar-refractivity contribution >= 4 is 43.6 Å². The van der Waals surface area contributed by atoms with Crippen LogP contribution in [0, 0.1) is 22.7 Å². The first-order valence-electron chi connectivity index (χ1n) is 15.4. The third-order valence-corrected chi connectivity index (χ3v) is 8.87. The van der Waals surface area contributed by atoms with Crippen LogP contribution in [0.3, 0.4) is 0 Å². The molecule has 222 valence electrons. The largest absolute Gasteiger partial charge is 0.213 e. The first-order chi connectivity index (χ1) is 23.7. The summed E-state index contributed by atoms with van der Waals surface area (Å²) in [6, 6.07) is 48.3. The number of aromatic nitrogens is 6. The van der Waals surface area contributed by atoms with E-state index in [1.807, 2.05) is 143 Å². The molecule has 0 aliphatic heterocycles. The number of hydrogen-bond acceptors (Lipinski definition) is 6. The highest BCUT2D eigenvalue weighted by Crippen LogP contribution is 2.41. The standard InChI is InChI=1S/C40H22N8/c41-23-29-11-7-9-27-21-33-39(43-45-47(33)31-13-3-1-4-14-31)37(35(27)29)25-17-19-26(20-18-25)38-36-28(10-8-12-30(36)24-42)22-34-40(38)44-46-48(34)32-15-5-2-6-16-32/h1-22H. The second-order valence-electron chi connectivity index (χ2n) is 11.5. The number of hydrogen-bond donors (Lipinski definition) is 0. The Morgan fingerprint density at radius 3 is 1.27 bits per heavy atom. The molecule has 0 aliphatic rings. The second-order valence-corrected chi connectivity index (χ2v) is 11.5. The van der Waals surface area contributed by atoms with E-state index in [0.29, 0.717) is 22.2 Å². The number of fused-ring (bicyclic) bond motifs is 4. The van der Waals surface area contributed by atoms with E-state index < -0.39 is 0 Å². The third-order valence-electron chi connectivity index (χ3n) is 8.87. The van der Waals surface area contributed by atoms with Crippen LogP contribution >= 0.6 is 0 Å². The number of rotatable bonds is 4. The van der Waals surface area contributed by atoms with Gasteiger partial charge in [0, 0.05) is 21.9 Å². The Hall–Kier alpha value is -7.16. The lowest BCUT2D eigenvalue weighted by molar-refractivity contribution is 0.824. The van der Waals surface area contributed by atoms with Crippen LogP contribution in [0.25, 0.3) is 77.2 Å². The molecule has 9 rings (SSSR count). The molecule has 48 heavy (non-hydrogen) atoms. The van der Waals surface area contributed by atoms with Crippen molar-refractivity contribution in [2.24, 2.45) is 0 Å². The molecule has 0 saturated carbocycles. The summed E-state index contributed by atoms with van der Waals surface area (Å²) in [4.78, 5) is 0. The monoisotopic (exact) mass is 614 g/mol. The van der Waals surface area contributed by atoms with Gasteiger partial charge in [-0.2, -0.15) is 10.5 Å². The predicted octanol–water partition coefficient (Wildman–Crippen LogP) is 8.54. The van der Waals surface area contributed by atoms with E-state index in [0.717, 1.165) is 66.2 Å². The average Bonchev–Trinajstić information content (AvgIpc) is 3.77. The molecule has 0 saturated heterocycles. The Balaban J connectivity index is 1.30. The molecule has 2 heterocycles. The van der Waals surface area contributed by atoms with Crippen LogP contribution in [0.4, 0.5) is 0 Å². The van der Waals surface area contributed by atoms with Gasteiger partial charge in [-0.1, -0.05) is 95.4 Å². The van der Waals surface area contributed by atoms with Crippen LogP contribution in [-0.2, 0) is 0 Å². The van der Waals surface area contributed by atoms with Crippen LogP contribution in [0.5, 0.6) is 0 Å². The first-order valence-corrected chi connectivity index (χ1v) is 15.4. The fourth-order valence-electron chi connectivity index (χ4n) is 6.74. The van der Waals surface area contributed by atoms with Gasteiger partial charge in [-0.25, -0.2) is 9.36 Å². The summed E-state index contributed by atoms with van der Waals surface area (Å²) in [6.07, 6.45) is 0. The molecule has 7 aromatic carbocycles. The maximum Gasteiger partial charge on any atom is 0.122 e. The lowest BCUT2D eigenvalue weighted by Gasteiger charge is -2.13. The second kappa shape index (κ2) is 10.7. The quantitative estimate of drug-likeness (QED) is 0.197. The zero-order valence-corrected chi connectivity index (χ0v) is 25.3. The summed E-state index contributed by atoms with van der Waals surface area (Å²) in [5.41, 5.74) is 9.47. The molecule has 0 unspecified atom stereocenters. The Kier molecular flexibility index (Phi) is 6.07. The molecule has 0 aliphatic carbocycles.